The predicted octanol–water partition coefficient (Wildman–Crippen LogP) is 3.00. The van der Waals surface area contributed by atoms with Crippen molar-refractivity contribution in [2.75, 3.05) is 27.2 Å². The van der Waals surface area contributed by atoms with Crippen LogP contribution >= 0.6 is 11.3 Å². The lowest BCUT2D eigenvalue weighted by molar-refractivity contribution is 0.0963. The van der Waals surface area contributed by atoms with Crippen molar-refractivity contribution in [3.8, 4) is 0 Å². The van der Waals surface area contributed by atoms with Crippen LogP contribution in [0.15, 0.2) is 53.5 Å². The first-order chi connectivity index (χ1) is 14.2. The molecule has 0 radical (unpaired) electrons. The van der Waals surface area contributed by atoms with E-state index >= 15 is 0 Å². The third-order valence-corrected chi connectivity index (χ3v) is 5.64. The van der Waals surface area contributed by atoms with Crippen LogP contribution in [0.3, 0.4) is 0 Å². The van der Waals surface area contributed by atoms with Crippen molar-refractivity contribution in [3.05, 3.63) is 64.7 Å². The third-order valence-electron chi connectivity index (χ3n) is 4.54. The summed E-state index contributed by atoms with van der Waals surface area (Å²) in [6.45, 7) is 1.58. The van der Waals surface area contributed by atoms with Crippen molar-refractivity contribution in [3.63, 3.8) is 0 Å². The maximum Gasteiger partial charge on any atom is 0.251 e. The zero-order chi connectivity index (χ0) is 20.5. The Hall–Kier alpha value is -2.93. The van der Waals surface area contributed by atoms with Gasteiger partial charge in [-0.15, -0.1) is 11.3 Å². The number of thiazole rings is 1. The number of nitrogens with one attached hydrogen (secondary N) is 3. The standard InChI is InChI=1S/C22H27N5OS/c1-23-21(28)17-8-5-7-16(15-17)12-14-26-22(24-2)25-13-6-11-20-27-18-9-3-4-10-19(18)29-20/h3-5,7-10,15H,6,11-14H2,1-2H3,(H,23,28)(H2,24,25,26). The number of hydrogen-bond donors (Lipinski definition) is 3. The number of rotatable bonds is 8. The van der Waals surface area contributed by atoms with Gasteiger partial charge in [0, 0.05) is 39.2 Å². The van der Waals surface area contributed by atoms with E-state index in [4.69, 9.17) is 0 Å². The summed E-state index contributed by atoms with van der Waals surface area (Å²) in [6, 6.07) is 15.9. The van der Waals surface area contributed by atoms with Crippen molar-refractivity contribution in [2.45, 2.75) is 19.3 Å². The lowest BCUT2D eigenvalue weighted by Gasteiger charge is -2.12. The van der Waals surface area contributed by atoms with E-state index in [2.05, 4.69) is 44.1 Å². The molecule has 0 saturated carbocycles. The summed E-state index contributed by atoms with van der Waals surface area (Å²) in [5, 5.41) is 10.5. The Morgan fingerprint density at radius 3 is 2.69 bits per heavy atom. The second kappa shape index (κ2) is 10.6. The second-order valence-corrected chi connectivity index (χ2v) is 7.75. The molecule has 0 aliphatic rings. The molecular formula is C22H27N5OS. The fourth-order valence-electron chi connectivity index (χ4n) is 3.03. The maximum atomic E-state index is 11.7. The number of aryl methyl sites for hydroxylation is 1. The highest BCUT2D eigenvalue weighted by molar-refractivity contribution is 7.18. The van der Waals surface area contributed by atoms with Gasteiger partial charge in [0.1, 0.15) is 0 Å². The Morgan fingerprint density at radius 2 is 1.90 bits per heavy atom. The molecule has 3 aromatic rings. The average Bonchev–Trinajstić information content (AvgIpc) is 3.18. The van der Waals surface area contributed by atoms with Crippen LogP contribution < -0.4 is 16.0 Å². The van der Waals surface area contributed by atoms with Crippen LogP contribution in [0.25, 0.3) is 10.2 Å². The molecule has 0 unspecified atom stereocenters. The minimum absolute atomic E-state index is 0.0644. The molecule has 1 heterocycles. The minimum atomic E-state index is -0.0644. The lowest BCUT2D eigenvalue weighted by atomic mass is 10.1. The molecule has 1 aromatic heterocycles. The van der Waals surface area contributed by atoms with E-state index < -0.39 is 0 Å². The van der Waals surface area contributed by atoms with E-state index in [9.17, 15) is 4.79 Å². The Labute approximate surface area is 175 Å². The SMILES string of the molecule is CN=C(NCCCc1nc2ccccc2s1)NCCc1cccc(C(=O)NC)c1. The zero-order valence-electron chi connectivity index (χ0n) is 16.9. The van der Waals surface area contributed by atoms with E-state index in [-0.39, 0.29) is 5.91 Å². The molecule has 1 amide bonds. The van der Waals surface area contributed by atoms with Crippen molar-refractivity contribution < 1.29 is 4.79 Å². The van der Waals surface area contributed by atoms with Crippen LogP contribution in [0, 0.1) is 0 Å². The molecule has 2 aromatic carbocycles. The second-order valence-electron chi connectivity index (χ2n) is 6.63. The van der Waals surface area contributed by atoms with Gasteiger partial charge < -0.3 is 16.0 Å². The summed E-state index contributed by atoms with van der Waals surface area (Å²) in [5.74, 6) is 0.724. The van der Waals surface area contributed by atoms with E-state index in [0.29, 0.717) is 5.56 Å². The number of carbonyl (C=O) groups excluding carboxylic acids is 1. The highest BCUT2D eigenvalue weighted by atomic mass is 32.1. The van der Waals surface area contributed by atoms with Gasteiger partial charge in [-0.1, -0.05) is 24.3 Å². The van der Waals surface area contributed by atoms with Gasteiger partial charge in [-0.05, 0) is 42.7 Å². The van der Waals surface area contributed by atoms with Crippen LogP contribution in [-0.4, -0.2) is 44.0 Å². The number of fused-ring (bicyclic) bond motifs is 1. The monoisotopic (exact) mass is 409 g/mol. The normalized spacial score (nSPS) is 11.4. The number of nitrogens with zero attached hydrogens (tertiary/aromatic N) is 2. The van der Waals surface area contributed by atoms with Gasteiger partial charge in [0.25, 0.3) is 5.91 Å². The van der Waals surface area contributed by atoms with Crippen molar-refractivity contribution in [1.82, 2.24) is 20.9 Å². The summed E-state index contributed by atoms with van der Waals surface area (Å²) in [7, 11) is 3.41. The van der Waals surface area contributed by atoms with Crippen LogP contribution in [0.2, 0.25) is 0 Å². The Balaban J connectivity index is 1.39. The first-order valence-corrected chi connectivity index (χ1v) is 10.6. The van der Waals surface area contributed by atoms with Gasteiger partial charge in [0.2, 0.25) is 0 Å². The van der Waals surface area contributed by atoms with E-state index in [1.807, 2.05) is 30.3 Å². The fraction of sp³-hybridized carbons (Fsp3) is 0.318. The van der Waals surface area contributed by atoms with Crippen molar-refractivity contribution in [2.24, 2.45) is 4.99 Å². The summed E-state index contributed by atoms with van der Waals surface area (Å²) < 4.78 is 1.24. The van der Waals surface area contributed by atoms with Crippen LogP contribution in [-0.2, 0) is 12.8 Å². The molecule has 0 fully saturated rings. The molecule has 0 atom stereocenters. The quantitative estimate of drug-likeness (QED) is 0.304. The number of amides is 1. The lowest BCUT2D eigenvalue weighted by Crippen LogP contribution is -2.38. The molecule has 152 valence electrons. The molecular weight excluding hydrogens is 382 g/mol. The summed E-state index contributed by atoms with van der Waals surface area (Å²) in [4.78, 5) is 20.7. The number of aromatic nitrogens is 1. The first kappa shape index (κ1) is 20.8. The predicted molar refractivity (Wildman–Crippen MR) is 121 cm³/mol. The highest BCUT2D eigenvalue weighted by Crippen LogP contribution is 2.22. The number of aliphatic imine (C=N–C) groups is 1. The van der Waals surface area contributed by atoms with Gasteiger partial charge >= 0.3 is 0 Å². The molecule has 0 spiro atoms. The van der Waals surface area contributed by atoms with Crippen LogP contribution in [0.4, 0.5) is 0 Å². The Morgan fingerprint density at radius 1 is 1.07 bits per heavy atom. The molecule has 3 rings (SSSR count). The van der Waals surface area contributed by atoms with Gasteiger partial charge in [0.05, 0.1) is 15.2 Å². The van der Waals surface area contributed by atoms with E-state index in [1.165, 1.54) is 9.71 Å². The van der Waals surface area contributed by atoms with Crippen molar-refractivity contribution >= 4 is 33.4 Å². The molecule has 7 heteroatoms. The van der Waals surface area contributed by atoms with E-state index in [1.54, 1.807) is 25.4 Å². The third kappa shape index (κ3) is 6.02. The topological polar surface area (TPSA) is 78.4 Å². The highest BCUT2D eigenvalue weighted by Gasteiger charge is 2.05. The molecule has 0 bridgehead atoms. The average molecular weight is 410 g/mol. The van der Waals surface area contributed by atoms with Crippen molar-refractivity contribution in [1.29, 1.82) is 0 Å². The maximum absolute atomic E-state index is 11.7. The minimum Gasteiger partial charge on any atom is -0.356 e. The zero-order valence-corrected chi connectivity index (χ0v) is 17.7. The number of hydrogen-bond acceptors (Lipinski definition) is 4. The summed E-state index contributed by atoms with van der Waals surface area (Å²) in [6.07, 6.45) is 2.77. The molecule has 3 N–H and O–H groups in total. The molecule has 0 aliphatic heterocycles. The van der Waals surface area contributed by atoms with Gasteiger partial charge in [-0.25, -0.2) is 4.98 Å². The van der Waals surface area contributed by atoms with Gasteiger partial charge in [0.15, 0.2) is 5.96 Å². The van der Waals surface area contributed by atoms with Gasteiger partial charge in [-0.2, -0.15) is 0 Å². The summed E-state index contributed by atoms with van der Waals surface area (Å²) >= 11 is 1.76. The van der Waals surface area contributed by atoms with E-state index in [0.717, 1.165) is 49.4 Å². The number of carbonyl (C=O) groups is 1. The molecule has 6 nitrogen and oxygen atoms in total. The van der Waals surface area contributed by atoms with Crippen LogP contribution in [0.1, 0.15) is 27.3 Å². The number of para-hydroxylation sites is 1. The molecule has 0 saturated heterocycles. The smallest absolute Gasteiger partial charge is 0.251 e. The largest absolute Gasteiger partial charge is 0.356 e. The number of benzene rings is 2. The summed E-state index contributed by atoms with van der Waals surface area (Å²) in [5.41, 5.74) is 2.88. The molecule has 29 heavy (non-hydrogen) atoms. The van der Waals surface area contributed by atoms with Gasteiger partial charge in [-0.3, -0.25) is 9.79 Å². The Bertz CT molecular complexity index is 949. The Kier molecular flexibility index (Phi) is 7.58. The number of guanidine groups is 1. The van der Waals surface area contributed by atoms with Crippen LogP contribution in [0.5, 0.6) is 0 Å². The molecule has 0 aliphatic carbocycles. The fourth-order valence-corrected chi connectivity index (χ4v) is 4.04. The first-order valence-electron chi connectivity index (χ1n) is 9.79.